The molecular formula is C13H14BrClN2O. The van der Waals surface area contributed by atoms with Gasteiger partial charge in [0.2, 0.25) is 0 Å². The Bertz CT molecular complexity index is 584. The third-order valence-corrected chi connectivity index (χ3v) is 4.24. The zero-order valence-corrected chi connectivity index (χ0v) is 12.4. The van der Waals surface area contributed by atoms with Gasteiger partial charge in [-0.25, -0.2) is 4.98 Å². The van der Waals surface area contributed by atoms with E-state index >= 15 is 0 Å². The number of rotatable bonds is 2. The van der Waals surface area contributed by atoms with Gasteiger partial charge >= 0.3 is 0 Å². The minimum Gasteiger partial charge on any atom is -0.376 e. The highest BCUT2D eigenvalue weighted by molar-refractivity contribution is 9.10. The van der Waals surface area contributed by atoms with E-state index in [-0.39, 0.29) is 6.10 Å². The van der Waals surface area contributed by atoms with Gasteiger partial charge in [0.05, 0.1) is 29.1 Å². The number of halogens is 2. The fourth-order valence-electron chi connectivity index (χ4n) is 2.65. The van der Waals surface area contributed by atoms with Crippen molar-refractivity contribution in [3.8, 4) is 0 Å². The van der Waals surface area contributed by atoms with Crippen molar-refractivity contribution in [3.05, 3.63) is 28.5 Å². The molecule has 0 spiro atoms. The highest BCUT2D eigenvalue weighted by Crippen LogP contribution is 2.32. The highest BCUT2D eigenvalue weighted by atomic mass is 79.9. The Balaban J connectivity index is 2.19. The molecule has 0 N–H and O–H groups in total. The van der Waals surface area contributed by atoms with Crippen molar-refractivity contribution < 1.29 is 4.74 Å². The molecule has 3 nitrogen and oxygen atoms in total. The third kappa shape index (κ3) is 1.96. The van der Waals surface area contributed by atoms with E-state index in [0.29, 0.717) is 11.9 Å². The van der Waals surface area contributed by atoms with Crippen LogP contribution in [0.1, 0.15) is 25.2 Å². The normalized spacial score (nSPS) is 23.9. The molecule has 0 saturated carbocycles. The summed E-state index contributed by atoms with van der Waals surface area (Å²) in [7, 11) is 0. The maximum atomic E-state index is 6.03. The number of nitrogens with zero attached hydrogens (tertiary/aromatic N) is 2. The Morgan fingerprint density at radius 1 is 1.56 bits per heavy atom. The third-order valence-electron chi connectivity index (χ3n) is 3.51. The van der Waals surface area contributed by atoms with E-state index in [4.69, 9.17) is 16.3 Å². The first-order valence-electron chi connectivity index (χ1n) is 6.04. The average Bonchev–Trinajstić information content (AvgIpc) is 2.91. The second-order valence-corrected chi connectivity index (χ2v) is 5.78. The zero-order chi connectivity index (χ0) is 12.7. The SMILES string of the molecule is CC1OCCC1n1c(CCl)nc2cc(Br)ccc21. The lowest BCUT2D eigenvalue weighted by Crippen LogP contribution is -2.18. The molecule has 1 aromatic heterocycles. The minimum absolute atomic E-state index is 0.216. The van der Waals surface area contributed by atoms with Crippen molar-refractivity contribution in [2.45, 2.75) is 31.4 Å². The summed E-state index contributed by atoms with van der Waals surface area (Å²) in [6, 6.07) is 6.50. The van der Waals surface area contributed by atoms with Crippen LogP contribution in [0, 0.1) is 0 Å². The summed E-state index contributed by atoms with van der Waals surface area (Å²) in [4.78, 5) is 4.62. The number of imidazole rings is 1. The number of hydrogen-bond donors (Lipinski definition) is 0. The van der Waals surface area contributed by atoms with Crippen LogP contribution in [-0.2, 0) is 10.6 Å². The number of benzene rings is 1. The standard InChI is InChI=1S/C13H14BrClN2O/c1-8-11(4-5-18-8)17-12-3-2-9(14)6-10(12)16-13(17)7-15/h2-3,6,8,11H,4-5,7H2,1H3. The van der Waals surface area contributed by atoms with Crippen LogP contribution < -0.4 is 0 Å². The van der Waals surface area contributed by atoms with Crippen molar-refractivity contribution in [3.63, 3.8) is 0 Å². The number of aromatic nitrogens is 2. The Hall–Kier alpha value is -0.580. The molecule has 1 aromatic carbocycles. The molecule has 1 fully saturated rings. The van der Waals surface area contributed by atoms with E-state index in [1.54, 1.807) is 0 Å². The molecule has 1 saturated heterocycles. The van der Waals surface area contributed by atoms with Crippen molar-refractivity contribution in [2.24, 2.45) is 0 Å². The van der Waals surface area contributed by atoms with Crippen LogP contribution in [0.5, 0.6) is 0 Å². The van der Waals surface area contributed by atoms with Gasteiger partial charge in [-0.05, 0) is 31.5 Å². The van der Waals surface area contributed by atoms with E-state index in [1.807, 2.05) is 12.1 Å². The first-order valence-corrected chi connectivity index (χ1v) is 7.37. The molecule has 3 rings (SSSR count). The fourth-order valence-corrected chi connectivity index (χ4v) is 3.18. The first kappa shape index (κ1) is 12.5. The molecule has 0 aliphatic carbocycles. The van der Waals surface area contributed by atoms with Gasteiger partial charge < -0.3 is 9.30 Å². The second-order valence-electron chi connectivity index (χ2n) is 4.60. The molecule has 2 unspecified atom stereocenters. The van der Waals surface area contributed by atoms with Crippen molar-refractivity contribution in [1.82, 2.24) is 9.55 Å². The molecule has 2 heterocycles. The van der Waals surface area contributed by atoms with Crippen molar-refractivity contribution >= 4 is 38.6 Å². The van der Waals surface area contributed by atoms with Crippen LogP contribution in [0.4, 0.5) is 0 Å². The van der Waals surface area contributed by atoms with Crippen LogP contribution in [0.2, 0.25) is 0 Å². The van der Waals surface area contributed by atoms with Crippen molar-refractivity contribution in [1.29, 1.82) is 0 Å². The lowest BCUT2D eigenvalue weighted by molar-refractivity contribution is 0.108. The van der Waals surface area contributed by atoms with E-state index in [2.05, 4.69) is 38.5 Å². The Morgan fingerprint density at radius 2 is 2.39 bits per heavy atom. The van der Waals surface area contributed by atoms with Crippen LogP contribution in [0.3, 0.4) is 0 Å². The number of ether oxygens (including phenoxy) is 1. The van der Waals surface area contributed by atoms with Crippen LogP contribution >= 0.6 is 27.5 Å². The monoisotopic (exact) mass is 328 g/mol. The molecule has 0 bridgehead atoms. The first-order chi connectivity index (χ1) is 8.70. The van der Waals surface area contributed by atoms with Gasteiger partial charge in [-0.1, -0.05) is 15.9 Å². The number of hydrogen-bond acceptors (Lipinski definition) is 2. The quantitative estimate of drug-likeness (QED) is 0.782. The predicted molar refractivity (Wildman–Crippen MR) is 76.1 cm³/mol. The largest absolute Gasteiger partial charge is 0.376 e. The number of fused-ring (bicyclic) bond motifs is 1. The van der Waals surface area contributed by atoms with Gasteiger partial charge in [0, 0.05) is 11.1 Å². The maximum Gasteiger partial charge on any atom is 0.125 e. The lowest BCUT2D eigenvalue weighted by atomic mass is 10.1. The van der Waals surface area contributed by atoms with Crippen LogP contribution in [0.25, 0.3) is 11.0 Å². The summed E-state index contributed by atoms with van der Waals surface area (Å²) in [5.41, 5.74) is 2.12. The van der Waals surface area contributed by atoms with Gasteiger partial charge in [-0.15, -0.1) is 11.6 Å². The molecule has 0 radical (unpaired) electrons. The Morgan fingerprint density at radius 3 is 3.06 bits per heavy atom. The molecule has 0 amide bonds. The van der Waals surface area contributed by atoms with E-state index < -0.39 is 0 Å². The van der Waals surface area contributed by atoms with Gasteiger partial charge in [-0.2, -0.15) is 0 Å². The van der Waals surface area contributed by atoms with Gasteiger partial charge in [0.1, 0.15) is 5.82 Å². The summed E-state index contributed by atoms with van der Waals surface area (Å²) >= 11 is 9.51. The zero-order valence-electron chi connectivity index (χ0n) is 10.1. The second kappa shape index (κ2) is 4.83. The van der Waals surface area contributed by atoms with E-state index in [9.17, 15) is 0 Å². The predicted octanol–water partition coefficient (Wildman–Crippen LogP) is 3.89. The highest BCUT2D eigenvalue weighted by Gasteiger charge is 2.29. The molecule has 96 valence electrons. The molecule has 2 aromatic rings. The smallest absolute Gasteiger partial charge is 0.125 e. The van der Waals surface area contributed by atoms with Gasteiger partial charge in [-0.3, -0.25) is 0 Å². The molecule has 1 aliphatic heterocycles. The van der Waals surface area contributed by atoms with Crippen LogP contribution in [-0.4, -0.2) is 22.3 Å². The maximum absolute atomic E-state index is 6.03. The molecule has 2 atom stereocenters. The van der Waals surface area contributed by atoms with Crippen molar-refractivity contribution in [2.75, 3.05) is 6.61 Å². The number of alkyl halides is 1. The Labute approximate surface area is 119 Å². The summed E-state index contributed by atoms with van der Waals surface area (Å²) < 4.78 is 8.94. The molecule has 18 heavy (non-hydrogen) atoms. The summed E-state index contributed by atoms with van der Waals surface area (Å²) in [6.07, 6.45) is 1.24. The lowest BCUT2D eigenvalue weighted by Gasteiger charge is -2.19. The van der Waals surface area contributed by atoms with E-state index in [0.717, 1.165) is 34.4 Å². The van der Waals surface area contributed by atoms with Crippen LogP contribution in [0.15, 0.2) is 22.7 Å². The van der Waals surface area contributed by atoms with Gasteiger partial charge in [0.15, 0.2) is 0 Å². The van der Waals surface area contributed by atoms with Gasteiger partial charge in [0.25, 0.3) is 0 Å². The molecular weight excluding hydrogens is 316 g/mol. The summed E-state index contributed by atoms with van der Waals surface area (Å²) in [5, 5.41) is 0. The molecule has 5 heteroatoms. The summed E-state index contributed by atoms with van der Waals surface area (Å²) in [6.45, 7) is 2.92. The van der Waals surface area contributed by atoms with E-state index in [1.165, 1.54) is 0 Å². The fraction of sp³-hybridized carbons (Fsp3) is 0.462. The average molecular weight is 330 g/mol. The summed E-state index contributed by atoms with van der Waals surface area (Å²) in [5.74, 6) is 1.35. The minimum atomic E-state index is 0.216. The molecule has 1 aliphatic rings. The topological polar surface area (TPSA) is 27.1 Å². The Kier molecular flexibility index (Phi) is 3.34.